The van der Waals surface area contributed by atoms with Gasteiger partial charge in [-0.1, -0.05) is 23.7 Å². The van der Waals surface area contributed by atoms with Crippen LogP contribution in [0, 0.1) is 0 Å². The van der Waals surface area contributed by atoms with E-state index in [-0.39, 0.29) is 18.0 Å². The molecule has 1 saturated carbocycles. The van der Waals surface area contributed by atoms with Gasteiger partial charge in [0.1, 0.15) is 5.75 Å². The first-order chi connectivity index (χ1) is 13.1. The maximum absolute atomic E-state index is 12.5. The molecule has 2 aromatic rings. The standard InChI is InChI=1S/C20H23ClN4O2/c1-12(16-4-3-5-18(27-2)19(16)21)25-10-15(11-25)23-20(26)17-8-14(9-22-24-17)13-6-7-13/h3-5,8-9,12-13,15H,6-7,10-11H2,1-2H3,(H,23,26). The van der Waals surface area contributed by atoms with Gasteiger partial charge in [-0.05, 0) is 48.9 Å². The van der Waals surface area contributed by atoms with Gasteiger partial charge in [0.05, 0.1) is 24.4 Å². The van der Waals surface area contributed by atoms with E-state index in [1.807, 2.05) is 24.3 Å². The predicted molar refractivity (Wildman–Crippen MR) is 103 cm³/mol. The Labute approximate surface area is 163 Å². The average Bonchev–Trinajstić information content (AvgIpc) is 3.49. The monoisotopic (exact) mass is 386 g/mol. The van der Waals surface area contributed by atoms with Crippen molar-refractivity contribution in [1.82, 2.24) is 20.4 Å². The number of nitrogens with zero attached hydrogens (tertiary/aromatic N) is 3. The molecule has 1 aliphatic heterocycles. The maximum Gasteiger partial charge on any atom is 0.272 e. The lowest BCUT2D eigenvalue weighted by Crippen LogP contribution is -2.59. The number of benzene rings is 1. The van der Waals surface area contributed by atoms with Crippen LogP contribution in [0.1, 0.15) is 53.3 Å². The minimum absolute atomic E-state index is 0.107. The Balaban J connectivity index is 1.34. The summed E-state index contributed by atoms with van der Waals surface area (Å²) < 4.78 is 5.30. The second-order valence-electron chi connectivity index (χ2n) is 7.31. The molecule has 1 unspecified atom stereocenters. The summed E-state index contributed by atoms with van der Waals surface area (Å²) in [4.78, 5) is 14.7. The van der Waals surface area contributed by atoms with Gasteiger partial charge >= 0.3 is 0 Å². The molecule has 1 aliphatic carbocycles. The van der Waals surface area contributed by atoms with Gasteiger partial charge in [0, 0.05) is 19.1 Å². The van der Waals surface area contributed by atoms with E-state index in [4.69, 9.17) is 16.3 Å². The van der Waals surface area contributed by atoms with Gasteiger partial charge in [0.15, 0.2) is 5.69 Å². The predicted octanol–water partition coefficient (Wildman–Crippen LogP) is 3.19. The van der Waals surface area contributed by atoms with Crippen molar-refractivity contribution >= 4 is 17.5 Å². The summed E-state index contributed by atoms with van der Waals surface area (Å²) in [7, 11) is 1.62. The SMILES string of the molecule is COc1cccc(C(C)N2CC(NC(=O)c3cc(C4CC4)cnn3)C2)c1Cl. The van der Waals surface area contributed by atoms with E-state index < -0.39 is 0 Å². The average molecular weight is 387 g/mol. The zero-order chi connectivity index (χ0) is 19.0. The number of likely N-dealkylation sites (tertiary alicyclic amines) is 1. The first-order valence-corrected chi connectivity index (χ1v) is 9.64. The van der Waals surface area contributed by atoms with Crippen molar-refractivity contribution in [2.24, 2.45) is 0 Å². The molecule has 4 rings (SSSR count). The van der Waals surface area contributed by atoms with Crippen LogP contribution in [0.3, 0.4) is 0 Å². The minimum atomic E-state index is -0.151. The molecule has 1 N–H and O–H groups in total. The van der Waals surface area contributed by atoms with Gasteiger partial charge in [-0.2, -0.15) is 5.10 Å². The molecule has 142 valence electrons. The minimum Gasteiger partial charge on any atom is -0.495 e. The third-order valence-corrected chi connectivity index (χ3v) is 5.82. The molecule has 0 bridgehead atoms. The van der Waals surface area contributed by atoms with Gasteiger partial charge in [-0.25, -0.2) is 0 Å². The number of nitrogens with one attached hydrogen (secondary N) is 1. The molecule has 1 aromatic carbocycles. The summed E-state index contributed by atoms with van der Waals surface area (Å²) in [5, 5.41) is 11.7. The van der Waals surface area contributed by atoms with E-state index >= 15 is 0 Å². The summed E-state index contributed by atoms with van der Waals surface area (Å²) in [6.07, 6.45) is 4.11. The lowest BCUT2D eigenvalue weighted by molar-refractivity contribution is 0.0671. The third-order valence-electron chi connectivity index (χ3n) is 5.41. The maximum atomic E-state index is 12.5. The highest BCUT2D eigenvalue weighted by Crippen LogP contribution is 2.39. The van der Waals surface area contributed by atoms with Crippen LogP contribution >= 0.6 is 11.6 Å². The number of ether oxygens (including phenoxy) is 1. The van der Waals surface area contributed by atoms with E-state index in [2.05, 4.69) is 27.3 Å². The van der Waals surface area contributed by atoms with Crippen LogP contribution < -0.4 is 10.1 Å². The van der Waals surface area contributed by atoms with Gasteiger partial charge in [0.25, 0.3) is 5.91 Å². The number of rotatable bonds is 6. The van der Waals surface area contributed by atoms with Gasteiger partial charge in [-0.3, -0.25) is 9.69 Å². The van der Waals surface area contributed by atoms with Crippen LogP contribution in [0.5, 0.6) is 5.75 Å². The molecule has 0 radical (unpaired) electrons. The molecular weight excluding hydrogens is 364 g/mol. The number of amides is 1. The normalized spacial score (nSPS) is 18.6. The molecule has 1 aromatic heterocycles. The highest BCUT2D eigenvalue weighted by atomic mass is 35.5. The smallest absolute Gasteiger partial charge is 0.272 e. The summed E-state index contributed by atoms with van der Waals surface area (Å²) in [6.45, 7) is 3.66. The fourth-order valence-corrected chi connectivity index (χ4v) is 3.88. The summed E-state index contributed by atoms with van der Waals surface area (Å²) in [6, 6.07) is 7.94. The Morgan fingerprint density at radius 2 is 2.15 bits per heavy atom. The van der Waals surface area contributed by atoms with Crippen molar-refractivity contribution in [3.05, 3.63) is 52.3 Å². The van der Waals surface area contributed by atoms with E-state index in [0.29, 0.717) is 22.4 Å². The van der Waals surface area contributed by atoms with Crippen molar-refractivity contribution in [3.8, 4) is 5.75 Å². The van der Waals surface area contributed by atoms with E-state index in [0.717, 1.165) is 24.2 Å². The van der Waals surface area contributed by atoms with Crippen molar-refractivity contribution in [3.63, 3.8) is 0 Å². The second kappa shape index (κ2) is 7.44. The van der Waals surface area contributed by atoms with Crippen molar-refractivity contribution < 1.29 is 9.53 Å². The molecular formula is C20H23ClN4O2. The Kier molecular flexibility index (Phi) is 5.02. The molecule has 2 aliphatic rings. The summed E-state index contributed by atoms with van der Waals surface area (Å²) >= 11 is 6.44. The third kappa shape index (κ3) is 3.77. The second-order valence-corrected chi connectivity index (χ2v) is 7.69. The molecule has 27 heavy (non-hydrogen) atoms. The molecule has 1 saturated heterocycles. The first kappa shape index (κ1) is 18.2. The molecule has 2 fully saturated rings. The quantitative estimate of drug-likeness (QED) is 0.825. The fourth-order valence-electron chi connectivity index (χ4n) is 3.52. The van der Waals surface area contributed by atoms with Crippen LogP contribution in [0.2, 0.25) is 5.02 Å². The van der Waals surface area contributed by atoms with Crippen LogP contribution in [-0.4, -0.2) is 47.2 Å². The molecule has 2 heterocycles. The topological polar surface area (TPSA) is 67.3 Å². The molecule has 6 nitrogen and oxygen atoms in total. The largest absolute Gasteiger partial charge is 0.495 e. The van der Waals surface area contributed by atoms with E-state index in [9.17, 15) is 4.79 Å². The van der Waals surface area contributed by atoms with Gasteiger partial charge in [0.2, 0.25) is 0 Å². The molecule has 7 heteroatoms. The van der Waals surface area contributed by atoms with Crippen LogP contribution in [-0.2, 0) is 0 Å². The van der Waals surface area contributed by atoms with Crippen molar-refractivity contribution in [1.29, 1.82) is 0 Å². The number of hydrogen-bond acceptors (Lipinski definition) is 5. The summed E-state index contributed by atoms with van der Waals surface area (Å²) in [5.74, 6) is 1.09. The lowest BCUT2D eigenvalue weighted by atomic mass is 10.00. The molecule has 0 spiro atoms. The molecule has 1 atom stereocenters. The Morgan fingerprint density at radius 1 is 1.37 bits per heavy atom. The van der Waals surface area contributed by atoms with Crippen molar-refractivity contribution in [2.45, 2.75) is 37.8 Å². The van der Waals surface area contributed by atoms with E-state index in [1.54, 1.807) is 13.3 Å². The number of methoxy groups -OCH3 is 1. The highest BCUT2D eigenvalue weighted by Gasteiger charge is 2.33. The van der Waals surface area contributed by atoms with Crippen LogP contribution in [0.25, 0.3) is 0 Å². The Hall–Kier alpha value is -2.18. The highest BCUT2D eigenvalue weighted by molar-refractivity contribution is 6.32. The van der Waals surface area contributed by atoms with Crippen LogP contribution in [0.15, 0.2) is 30.5 Å². The van der Waals surface area contributed by atoms with Gasteiger partial charge < -0.3 is 10.1 Å². The molecule has 1 amide bonds. The number of aromatic nitrogens is 2. The number of carbonyl (C=O) groups excluding carboxylic acids is 1. The zero-order valence-electron chi connectivity index (χ0n) is 15.5. The Morgan fingerprint density at radius 3 is 2.85 bits per heavy atom. The zero-order valence-corrected chi connectivity index (χ0v) is 16.2. The van der Waals surface area contributed by atoms with Crippen LogP contribution in [0.4, 0.5) is 0 Å². The Bertz CT molecular complexity index is 850. The number of hydrogen-bond donors (Lipinski definition) is 1. The lowest BCUT2D eigenvalue weighted by Gasteiger charge is -2.43. The summed E-state index contributed by atoms with van der Waals surface area (Å²) in [5.41, 5.74) is 2.55. The number of halogens is 1. The van der Waals surface area contributed by atoms with E-state index in [1.165, 1.54) is 12.8 Å². The van der Waals surface area contributed by atoms with Crippen molar-refractivity contribution in [2.75, 3.05) is 20.2 Å². The number of carbonyl (C=O) groups is 1. The first-order valence-electron chi connectivity index (χ1n) is 9.26. The fraction of sp³-hybridized carbons (Fsp3) is 0.450. The van der Waals surface area contributed by atoms with Gasteiger partial charge in [-0.15, -0.1) is 5.10 Å².